The molecule has 5 rings (SSSR count). The number of nitrogens with zero attached hydrogens (tertiary/aromatic N) is 3. The average molecular weight is 474 g/mol. The van der Waals surface area contributed by atoms with Gasteiger partial charge < -0.3 is 24.7 Å². The number of nitrogens with one attached hydrogen (secondary N) is 2. The minimum Gasteiger partial charge on any atom is -0.381 e. The molecule has 2 N–H and O–H groups in total. The molecular formula is C24H32FN5O2S. The lowest BCUT2D eigenvalue weighted by Crippen LogP contribution is -2.47. The first kappa shape index (κ1) is 22.8. The number of carbonyl (C=O) groups excluding carboxylic acids is 1. The summed E-state index contributed by atoms with van der Waals surface area (Å²) < 4.78 is 19.8. The summed E-state index contributed by atoms with van der Waals surface area (Å²) in [7, 11) is 0. The van der Waals surface area contributed by atoms with E-state index in [2.05, 4.69) is 20.1 Å². The molecule has 0 bridgehead atoms. The van der Waals surface area contributed by atoms with Crippen LogP contribution in [0, 0.1) is 5.82 Å². The molecule has 0 aliphatic carbocycles. The molecule has 0 saturated carbocycles. The molecule has 33 heavy (non-hydrogen) atoms. The number of aliphatic imine (C=N–C) groups is 1. The number of fused-ring (bicyclic) bond motifs is 1. The predicted octanol–water partition coefficient (Wildman–Crippen LogP) is 2.97. The van der Waals surface area contributed by atoms with E-state index < -0.39 is 0 Å². The Bertz CT molecular complexity index is 998. The van der Waals surface area contributed by atoms with Gasteiger partial charge in [-0.05, 0) is 37.5 Å². The molecule has 0 spiro atoms. The topological polar surface area (TPSA) is 73.0 Å². The third-order valence-corrected chi connectivity index (χ3v) is 7.94. The lowest BCUT2D eigenvalue weighted by molar-refractivity contribution is -0.109. The van der Waals surface area contributed by atoms with Crippen LogP contribution in [-0.2, 0) is 9.53 Å². The van der Waals surface area contributed by atoms with Crippen molar-refractivity contribution in [3.8, 4) is 0 Å². The van der Waals surface area contributed by atoms with Gasteiger partial charge in [0.1, 0.15) is 17.1 Å². The fourth-order valence-corrected chi connectivity index (χ4v) is 5.92. The average Bonchev–Trinajstić information content (AvgIpc) is 3.47. The summed E-state index contributed by atoms with van der Waals surface area (Å²) >= 11 is 1.78. The van der Waals surface area contributed by atoms with E-state index in [0.717, 1.165) is 105 Å². The number of piperazine rings is 1. The van der Waals surface area contributed by atoms with Crippen molar-refractivity contribution in [3.63, 3.8) is 0 Å². The fraction of sp³-hybridized carbons (Fsp3) is 0.583. The van der Waals surface area contributed by atoms with Crippen molar-refractivity contribution in [2.45, 2.75) is 31.3 Å². The first-order valence-electron chi connectivity index (χ1n) is 11.9. The van der Waals surface area contributed by atoms with Crippen LogP contribution in [-0.4, -0.2) is 96.4 Å². The lowest BCUT2D eigenvalue weighted by atomic mass is 10.1. The zero-order valence-electron chi connectivity index (χ0n) is 18.9. The van der Waals surface area contributed by atoms with Crippen molar-refractivity contribution in [1.82, 2.24) is 14.8 Å². The van der Waals surface area contributed by atoms with E-state index in [4.69, 9.17) is 9.73 Å². The Hall–Kier alpha value is -1.94. The number of halogens is 1. The Balaban J connectivity index is 1.22. The normalized spacial score (nSPS) is 23.2. The molecule has 9 heteroatoms. The molecular weight excluding hydrogens is 441 g/mol. The van der Waals surface area contributed by atoms with E-state index in [-0.39, 0.29) is 5.82 Å². The molecule has 4 heterocycles. The molecule has 3 aliphatic rings. The molecule has 2 fully saturated rings. The molecule has 178 valence electrons. The highest BCUT2D eigenvalue weighted by atomic mass is 32.2. The van der Waals surface area contributed by atoms with Crippen LogP contribution >= 0.6 is 11.8 Å². The summed E-state index contributed by atoms with van der Waals surface area (Å²) in [5, 5.41) is 5.41. The second kappa shape index (κ2) is 10.5. The molecule has 3 aliphatic heterocycles. The van der Waals surface area contributed by atoms with Crippen LogP contribution in [0.4, 0.5) is 10.1 Å². The first-order valence-corrected chi connectivity index (χ1v) is 12.9. The number of thioether (sulfide) groups is 1. The van der Waals surface area contributed by atoms with Gasteiger partial charge in [-0.2, -0.15) is 0 Å². The Morgan fingerprint density at radius 2 is 1.97 bits per heavy atom. The second-order valence-corrected chi connectivity index (χ2v) is 10.1. The highest BCUT2D eigenvalue weighted by molar-refractivity contribution is 8.14. The quantitative estimate of drug-likeness (QED) is 0.575. The van der Waals surface area contributed by atoms with Gasteiger partial charge in [-0.15, -0.1) is 11.8 Å². The molecule has 1 atom stereocenters. The summed E-state index contributed by atoms with van der Waals surface area (Å²) in [5.41, 5.74) is 2.73. The van der Waals surface area contributed by atoms with E-state index in [1.165, 1.54) is 0 Å². The van der Waals surface area contributed by atoms with E-state index in [0.29, 0.717) is 18.6 Å². The van der Waals surface area contributed by atoms with Crippen molar-refractivity contribution in [2.75, 3.05) is 63.6 Å². The number of aldehydes is 1. The third-order valence-electron chi connectivity index (χ3n) is 6.79. The van der Waals surface area contributed by atoms with Gasteiger partial charge in [0.05, 0.1) is 29.5 Å². The minimum absolute atomic E-state index is 0.227. The van der Waals surface area contributed by atoms with Gasteiger partial charge >= 0.3 is 0 Å². The number of aromatic nitrogens is 1. The Morgan fingerprint density at radius 3 is 2.76 bits per heavy atom. The largest absolute Gasteiger partial charge is 0.381 e. The van der Waals surface area contributed by atoms with E-state index in [1.54, 1.807) is 23.9 Å². The standard InChI is InChI=1S/C24H32FN5O2S/c25-18-13-17-14-22(28-23(17)21(15-18)26-19-2-11-32-12-3-19)24-27-20(16-33-24)1-4-29-5-7-30(8-6-29)9-10-31/h10,13-15,19-20,26,28H,1-9,11-12,16H2. The highest BCUT2D eigenvalue weighted by Crippen LogP contribution is 2.31. The van der Waals surface area contributed by atoms with Crippen molar-refractivity contribution < 1.29 is 13.9 Å². The van der Waals surface area contributed by atoms with Gasteiger partial charge in [-0.25, -0.2) is 4.39 Å². The molecule has 7 nitrogen and oxygen atoms in total. The number of ether oxygens (including phenoxy) is 1. The van der Waals surface area contributed by atoms with Crippen LogP contribution in [0.5, 0.6) is 0 Å². The molecule has 2 saturated heterocycles. The maximum atomic E-state index is 14.3. The van der Waals surface area contributed by atoms with Gasteiger partial charge in [-0.1, -0.05) is 0 Å². The fourth-order valence-electron chi connectivity index (χ4n) is 4.84. The van der Waals surface area contributed by atoms with Crippen LogP contribution in [0.2, 0.25) is 0 Å². The van der Waals surface area contributed by atoms with Gasteiger partial charge in [-0.3, -0.25) is 9.89 Å². The minimum atomic E-state index is -0.227. The highest BCUT2D eigenvalue weighted by Gasteiger charge is 2.24. The smallest absolute Gasteiger partial charge is 0.133 e. The van der Waals surface area contributed by atoms with Crippen LogP contribution in [0.3, 0.4) is 0 Å². The number of rotatable bonds is 8. The Labute approximate surface area is 198 Å². The number of H-pyrrole nitrogens is 1. The summed E-state index contributed by atoms with van der Waals surface area (Å²) in [6.45, 7) is 7.02. The molecule has 0 radical (unpaired) electrons. The summed E-state index contributed by atoms with van der Waals surface area (Å²) in [6, 6.07) is 5.80. The van der Waals surface area contributed by atoms with Crippen molar-refractivity contribution in [3.05, 3.63) is 29.7 Å². The maximum absolute atomic E-state index is 14.3. The number of aromatic amines is 1. The zero-order valence-corrected chi connectivity index (χ0v) is 19.7. The monoisotopic (exact) mass is 473 g/mol. The first-order chi connectivity index (χ1) is 16.2. The zero-order chi connectivity index (χ0) is 22.6. The maximum Gasteiger partial charge on any atom is 0.133 e. The number of hydrogen-bond donors (Lipinski definition) is 2. The molecule has 1 aromatic carbocycles. The van der Waals surface area contributed by atoms with Crippen LogP contribution in [0.25, 0.3) is 10.9 Å². The summed E-state index contributed by atoms with van der Waals surface area (Å²) in [5.74, 6) is 0.756. The summed E-state index contributed by atoms with van der Waals surface area (Å²) in [6.07, 6.45) is 3.89. The van der Waals surface area contributed by atoms with E-state index in [1.807, 2.05) is 6.07 Å². The molecule has 0 amide bonds. The van der Waals surface area contributed by atoms with Crippen molar-refractivity contribution in [2.24, 2.45) is 4.99 Å². The van der Waals surface area contributed by atoms with Gasteiger partial charge in [0.15, 0.2) is 0 Å². The Morgan fingerprint density at radius 1 is 1.18 bits per heavy atom. The predicted molar refractivity (Wildman–Crippen MR) is 132 cm³/mol. The number of benzene rings is 1. The van der Waals surface area contributed by atoms with Gasteiger partial charge in [0.2, 0.25) is 0 Å². The van der Waals surface area contributed by atoms with E-state index in [9.17, 15) is 9.18 Å². The van der Waals surface area contributed by atoms with Crippen LogP contribution < -0.4 is 5.32 Å². The third kappa shape index (κ3) is 5.59. The van der Waals surface area contributed by atoms with Crippen molar-refractivity contribution >= 4 is 39.7 Å². The van der Waals surface area contributed by atoms with Gasteiger partial charge in [0, 0.05) is 63.1 Å². The molecule has 2 aromatic rings. The Kier molecular flexibility index (Phi) is 7.30. The van der Waals surface area contributed by atoms with E-state index >= 15 is 0 Å². The van der Waals surface area contributed by atoms with Crippen molar-refractivity contribution in [1.29, 1.82) is 0 Å². The SMILES string of the molecule is O=CCN1CCN(CCC2CSC(c3cc4cc(F)cc(NC5CCOCC5)c4[nH]3)=N2)CC1. The second-order valence-electron chi connectivity index (χ2n) is 9.13. The molecule has 1 aromatic heterocycles. The number of carbonyl (C=O) groups is 1. The van der Waals surface area contributed by atoms with Crippen LogP contribution in [0.15, 0.2) is 23.2 Å². The number of hydrogen-bond acceptors (Lipinski definition) is 7. The van der Waals surface area contributed by atoms with Crippen LogP contribution in [0.1, 0.15) is 25.0 Å². The lowest BCUT2D eigenvalue weighted by Gasteiger charge is -2.33. The molecule has 1 unspecified atom stereocenters. The summed E-state index contributed by atoms with van der Waals surface area (Å²) in [4.78, 5) is 23.9. The number of anilines is 1. The van der Waals surface area contributed by atoms with Gasteiger partial charge in [0.25, 0.3) is 0 Å².